The molecule has 0 radical (unpaired) electrons. The summed E-state index contributed by atoms with van der Waals surface area (Å²) in [5.41, 5.74) is -0.684. The van der Waals surface area contributed by atoms with Gasteiger partial charge in [-0.05, 0) is 6.08 Å². The molecule has 2 heterocycles. The van der Waals surface area contributed by atoms with Crippen molar-refractivity contribution in [2.75, 3.05) is 13.2 Å². The third-order valence-electron chi connectivity index (χ3n) is 4.72. The number of carboxylic acids is 1. The van der Waals surface area contributed by atoms with Crippen LogP contribution < -0.4 is 0 Å². The number of aliphatic carboxylic acids is 1. The first-order valence-electron chi connectivity index (χ1n) is 8.20. The number of hydrogen-bond acceptors (Lipinski definition) is 11. The van der Waals surface area contributed by atoms with Crippen LogP contribution in [0.25, 0.3) is 0 Å². The zero-order valence-electron chi connectivity index (χ0n) is 14.0. The highest BCUT2D eigenvalue weighted by molar-refractivity contribution is 5.88. The van der Waals surface area contributed by atoms with Crippen molar-refractivity contribution in [1.82, 2.24) is 0 Å². The van der Waals surface area contributed by atoms with Gasteiger partial charge in [-0.15, -0.1) is 0 Å². The third-order valence-corrected chi connectivity index (χ3v) is 4.72. The van der Waals surface area contributed by atoms with Crippen LogP contribution in [0.15, 0.2) is 11.6 Å². The lowest BCUT2D eigenvalue weighted by Gasteiger charge is -2.41. The minimum Gasteiger partial charge on any atom is -0.478 e. The van der Waals surface area contributed by atoms with Crippen molar-refractivity contribution in [2.24, 2.45) is 0 Å². The molecule has 0 aromatic heterocycles. The summed E-state index contributed by atoms with van der Waals surface area (Å²) in [6, 6.07) is 0. The summed E-state index contributed by atoms with van der Waals surface area (Å²) in [5, 5.41) is 87.1. The van der Waals surface area contributed by atoms with Gasteiger partial charge in [0.05, 0.1) is 18.8 Å². The van der Waals surface area contributed by atoms with Crippen molar-refractivity contribution >= 4 is 5.97 Å². The molecule has 0 saturated carbocycles. The van der Waals surface area contributed by atoms with Gasteiger partial charge in [0, 0.05) is 0 Å². The van der Waals surface area contributed by atoms with Gasteiger partial charge in [0.15, 0.2) is 0 Å². The lowest BCUT2D eigenvalue weighted by atomic mass is 9.88. The maximum absolute atomic E-state index is 11.6. The molecule has 12 heteroatoms. The zero-order valence-corrected chi connectivity index (χ0v) is 14.0. The van der Waals surface area contributed by atoms with E-state index >= 15 is 0 Å². The Bertz CT molecular complexity index is 549. The van der Waals surface area contributed by atoms with E-state index in [-0.39, 0.29) is 0 Å². The van der Waals surface area contributed by atoms with Crippen molar-refractivity contribution in [2.45, 2.75) is 61.0 Å². The highest BCUT2D eigenvalue weighted by atomic mass is 16.6. The fraction of sp³-hybridized carbons (Fsp3) is 0.800. The van der Waals surface area contributed by atoms with Crippen LogP contribution in [0.4, 0.5) is 0 Å². The second-order valence-electron chi connectivity index (χ2n) is 6.47. The van der Waals surface area contributed by atoms with Gasteiger partial charge in [-0.3, -0.25) is 0 Å². The van der Waals surface area contributed by atoms with Crippen LogP contribution in [0.3, 0.4) is 0 Å². The maximum Gasteiger partial charge on any atom is 0.334 e. The van der Waals surface area contributed by atoms with Gasteiger partial charge in [-0.2, -0.15) is 0 Å². The van der Waals surface area contributed by atoms with Crippen LogP contribution in [-0.2, 0) is 14.3 Å². The van der Waals surface area contributed by atoms with Gasteiger partial charge >= 0.3 is 5.97 Å². The Kier molecular flexibility index (Phi) is 7.27. The largest absolute Gasteiger partial charge is 0.478 e. The normalized spacial score (nSPS) is 46.3. The number of hydrogen-bond donors (Lipinski definition) is 9. The average molecular weight is 396 g/mol. The Hall–Kier alpha value is -1.19. The first-order valence-corrected chi connectivity index (χ1v) is 8.20. The van der Waals surface area contributed by atoms with E-state index in [0.29, 0.717) is 0 Å². The molecule has 0 aromatic carbocycles. The van der Waals surface area contributed by atoms with E-state index in [1.807, 2.05) is 0 Å². The van der Waals surface area contributed by atoms with Gasteiger partial charge < -0.3 is 55.4 Å². The van der Waals surface area contributed by atoms with Crippen LogP contribution in [0.5, 0.6) is 0 Å². The van der Waals surface area contributed by atoms with Crippen molar-refractivity contribution < 1.29 is 60.2 Å². The molecule has 12 nitrogen and oxygen atoms in total. The van der Waals surface area contributed by atoms with Crippen molar-refractivity contribution in [3.05, 3.63) is 11.6 Å². The second kappa shape index (κ2) is 8.87. The molecule has 0 amide bonds. The highest BCUT2D eigenvalue weighted by Gasteiger charge is 2.48. The van der Waals surface area contributed by atoms with E-state index in [4.69, 9.17) is 9.47 Å². The summed E-state index contributed by atoms with van der Waals surface area (Å²) >= 11 is 0. The minimum atomic E-state index is -1.88. The molecule has 2 aliphatic rings. The minimum absolute atomic E-state index is 0.684. The molecule has 27 heavy (non-hydrogen) atoms. The van der Waals surface area contributed by atoms with Crippen molar-refractivity contribution in [3.63, 3.8) is 0 Å². The van der Waals surface area contributed by atoms with E-state index in [1.165, 1.54) is 0 Å². The van der Waals surface area contributed by atoms with Gasteiger partial charge in [0.2, 0.25) is 0 Å². The van der Waals surface area contributed by atoms with Gasteiger partial charge in [-0.25, -0.2) is 4.79 Å². The Morgan fingerprint density at radius 1 is 0.741 bits per heavy atom. The highest BCUT2D eigenvalue weighted by Crippen LogP contribution is 2.29. The summed E-state index contributed by atoms with van der Waals surface area (Å²) in [7, 11) is 0. The van der Waals surface area contributed by atoms with Crippen LogP contribution >= 0.6 is 0 Å². The Labute approximate surface area is 153 Å². The van der Waals surface area contributed by atoms with Gasteiger partial charge in [0.1, 0.15) is 61.0 Å². The predicted molar refractivity (Wildman–Crippen MR) is 83.3 cm³/mol. The fourth-order valence-electron chi connectivity index (χ4n) is 3.09. The van der Waals surface area contributed by atoms with E-state index in [9.17, 15) is 50.8 Å². The third kappa shape index (κ3) is 4.30. The van der Waals surface area contributed by atoms with Crippen LogP contribution in [-0.4, -0.2) is 126 Å². The van der Waals surface area contributed by atoms with Crippen LogP contribution in [0, 0.1) is 0 Å². The number of aliphatic hydroxyl groups excluding tert-OH is 8. The predicted octanol–water partition coefficient (Wildman–Crippen LogP) is -5.32. The number of rotatable bonds is 5. The smallest absolute Gasteiger partial charge is 0.334 e. The first kappa shape index (κ1) is 22.1. The molecule has 2 unspecified atom stereocenters. The fourth-order valence-corrected chi connectivity index (χ4v) is 3.09. The maximum atomic E-state index is 11.6. The average Bonchev–Trinajstić information content (AvgIpc) is 2.64. The SMILES string of the molecule is O=C(O)C(=CC1O[C@H](CO)[C@H](O)[C@H](O)[C@H]1O)C1O[C@H](CO)[C@H](O)[C@H](O)[C@H]1O. The summed E-state index contributed by atoms with van der Waals surface area (Å²) in [6.07, 6.45) is -15.6. The quantitative estimate of drug-likeness (QED) is 0.199. The Morgan fingerprint density at radius 3 is 1.70 bits per heavy atom. The molecule has 2 aliphatic heterocycles. The molecule has 0 spiro atoms. The molecule has 10 atom stereocenters. The topological polar surface area (TPSA) is 218 Å². The van der Waals surface area contributed by atoms with Crippen molar-refractivity contribution in [1.29, 1.82) is 0 Å². The Morgan fingerprint density at radius 2 is 1.22 bits per heavy atom. The van der Waals surface area contributed by atoms with Gasteiger partial charge in [0.25, 0.3) is 0 Å². The molecular weight excluding hydrogens is 372 g/mol. The molecular formula is C15H24O12. The van der Waals surface area contributed by atoms with E-state index < -0.39 is 85.8 Å². The number of ether oxygens (including phenoxy) is 2. The lowest BCUT2D eigenvalue weighted by Crippen LogP contribution is -2.60. The molecule has 9 N–H and O–H groups in total. The molecule has 2 saturated heterocycles. The number of carboxylic acid groups (broad SMARTS) is 1. The van der Waals surface area contributed by atoms with E-state index in [2.05, 4.69) is 0 Å². The first-order chi connectivity index (χ1) is 12.6. The number of aliphatic hydroxyl groups is 8. The summed E-state index contributed by atoms with van der Waals surface area (Å²) < 4.78 is 10.4. The monoisotopic (exact) mass is 396 g/mol. The summed E-state index contributed by atoms with van der Waals surface area (Å²) in [4.78, 5) is 11.6. The summed E-state index contributed by atoms with van der Waals surface area (Å²) in [6.45, 7) is -1.49. The lowest BCUT2D eigenvalue weighted by molar-refractivity contribution is -0.224. The zero-order chi connectivity index (χ0) is 20.5. The molecule has 0 aliphatic carbocycles. The molecule has 0 aromatic rings. The molecule has 2 rings (SSSR count). The van der Waals surface area contributed by atoms with E-state index in [0.717, 1.165) is 6.08 Å². The second-order valence-corrected chi connectivity index (χ2v) is 6.47. The Balaban J connectivity index is 2.34. The standard InChI is InChI=1S/C15H24O12/c16-2-6-9(19)11(21)8(18)5(26-6)1-4(15(24)25)14-13(23)12(22)10(20)7(3-17)27-14/h1,5-14,16-23H,2-3H2,(H,24,25)/t5?,6-,7-,8+,9+,10+,11-,12+,13-,14?/m1/s1. The van der Waals surface area contributed by atoms with Crippen LogP contribution in [0.2, 0.25) is 0 Å². The van der Waals surface area contributed by atoms with Crippen LogP contribution in [0.1, 0.15) is 0 Å². The van der Waals surface area contributed by atoms with Crippen molar-refractivity contribution in [3.8, 4) is 0 Å². The molecule has 0 bridgehead atoms. The molecule has 156 valence electrons. The van der Waals surface area contributed by atoms with Gasteiger partial charge in [-0.1, -0.05) is 0 Å². The number of carbonyl (C=O) groups is 1. The van der Waals surface area contributed by atoms with E-state index in [1.54, 1.807) is 0 Å². The summed E-state index contributed by atoms with van der Waals surface area (Å²) in [5.74, 6) is -1.63. The molecule has 2 fully saturated rings.